The highest BCUT2D eigenvalue weighted by Gasteiger charge is 2.34. The zero-order valence-electron chi connectivity index (χ0n) is 37.3. The molecule has 1 heterocycles. The van der Waals surface area contributed by atoms with Crippen LogP contribution in [-0.2, 0) is 56.0 Å². The van der Waals surface area contributed by atoms with Gasteiger partial charge in [0.2, 0.25) is 35.4 Å². The lowest BCUT2D eigenvalue weighted by Crippen LogP contribution is -2.49. The molecule has 22 nitrogen and oxygen atoms in total. The Bertz CT molecular complexity index is 1970. The third-order valence-corrected chi connectivity index (χ3v) is 10.4. The number of aliphatic imine (C=N–C) groups is 1. The number of aromatic hydroxyl groups is 1. The first-order valence-corrected chi connectivity index (χ1v) is 21.4. The van der Waals surface area contributed by atoms with Crippen molar-refractivity contribution in [3.8, 4) is 5.75 Å². The fourth-order valence-corrected chi connectivity index (χ4v) is 6.96. The largest absolute Gasteiger partial charge is 0.508 e. The van der Waals surface area contributed by atoms with E-state index in [4.69, 9.17) is 22.9 Å². The number of aromatic nitrogens is 2. The molecule has 2 rings (SSSR count). The van der Waals surface area contributed by atoms with E-state index < -0.39 is 114 Å². The number of rotatable bonds is 31. The number of phenolic OH excluding ortho intramolecular Hbond substituents is 1. The predicted octanol–water partition coefficient (Wildman–Crippen LogP) is -1.55. The van der Waals surface area contributed by atoms with Gasteiger partial charge in [-0.05, 0) is 62.6 Å². The summed E-state index contributed by atoms with van der Waals surface area (Å²) < 4.78 is 0. The van der Waals surface area contributed by atoms with Gasteiger partial charge in [0.25, 0.3) is 0 Å². The molecule has 22 heteroatoms. The molecule has 7 atom stereocenters. The van der Waals surface area contributed by atoms with Crippen molar-refractivity contribution in [1.29, 1.82) is 0 Å². The highest BCUT2D eigenvalue weighted by Crippen LogP contribution is 2.21. The Kier molecular flexibility index (Phi) is 23.0. The lowest BCUT2D eigenvalue weighted by Gasteiger charge is -2.25. The average molecular weight is 912 g/mol. The quantitative estimate of drug-likeness (QED) is 0.0232. The van der Waals surface area contributed by atoms with Gasteiger partial charge in [0, 0.05) is 69.8 Å². The van der Waals surface area contributed by atoms with Crippen molar-refractivity contribution >= 4 is 58.8 Å². The van der Waals surface area contributed by atoms with Gasteiger partial charge in [-0.3, -0.25) is 48.1 Å². The number of primary amides is 2. The molecule has 1 aromatic carbocycles. The second kappa shape index (κ2) is 27.5. The number of amides is 6. The Morgan fingerprint density at radius 3 is 1.86 bits per heavy atom. The third-order valence-electron chi connectivity index (χ3n) is 10.4. The van der Waals surface area contributed by atoms with Crippen molar-refractivity contribution in [3.05, 3.63) is 48.0 Å². The smallest absolute Gasteiger partial charge is 0.240 e. The molecule has 7 unspecified atom stereocenters. The minimum atomic E-state index is -1.53. The molecule has 0 saturated heterocycles. The summed E-state index contributed by atoms with van der Waals surface area (Å²) in [5, 5.41) is 30.3. The first kappa shape index (κ1) is 54.4. The molecule has 1 aromatic heterocycles. The number of imidazole rings is 1. The van der Waals surface area contributed by atoms with Gasteiger partial charge < -0.3 is 59.4 Å². The number of ketones is 3. The zero-order valence-corrected chi connectivity index (χ0v) is 37.3. The van der Waals surface area contributed by atoms with E-state index in [0.29, 0.717) is 11.4 Å². The summed E-state index contributed by atoms with van der Waals surface area (Å²) in [6, 6.07) is 1.06. The summed E-state index contributed by atoms with van der Waals surface area (Å²) in [7, 11) is 0. The van der Waals surface area contributed by atoms with Crippen molar-refractivity contribution in [2.24, 2.45) is 51.6 Å². The van der Waals surface area contributed by atoms with Gasteiger partial charge in [0.1, 0.15) is 23.7 Å². The second-order valence-electron chi connectivity index (χ2n) is 16.5. The van der Waals surface area contributed by atoms with E-state index in [1.165, 1.54) is 38.4 Å². The molecular formula is C43H65N11O11. The van der Waals surface area contributed by atoms with Crippen LogP contribution in [0.1, 0.15) is 90.4 Å². The van der Waals surface area contributed by atoms with Crippen LogP contribution in [-0.4, -0.2) is 116 Å². The zero-order chi connectivity index (χ0) is 48.8. The molecule has 15 N–H and O–H groups in total. The lowest BCUT2D eigenvalue weighted by atomic mass is 9.89. The van der Waals surface area contributed by atoms with Crippen LogP contribution in [0.25, 0.3) is 0 Å². The van der Waals surface area contributed by atoms with E-state index in [2.05, 4.69) is 36.2 Å². The molecule has 0 saturated carbocycles. The number of nitrogens with one attached hydrogen (secondary N) is 5. The number of nitrogens with zero attached hydrogens (tertiary/aromatic N) is 2. The predicted molar refractivity (Wildman–Crippen MR) is 237 cm³/mol. The number of benzene rings is 1. The van der Waals surface area contributed by atoms with Crippen molar-refractivity contribution in [2.75, 3.05) is 13.2 Å². The Morgan fingerprint density at radius 2 is 1.31 bits per heavy atom. The number of Topliss-reactive ketones (excluding diaryl/α,β-unsaturated/α-hetero) is 3. The van der Waals surface area contributed by atoms with Crippen LogP contribution in [0.15, 0.2) is 41.7 Å². The highest BCUT2D eigenvalue weighted by atomic mass is 16.3. The second-order valence-corrected chi connectivity index (χ2v) is 16.5. The monoisotopic (exact) mass is 911 g/mol. The first-order chi connectivity index (χ1) is 30.6. The number of carbonyl (C=O) groups is 9. The van der Waals surface area contributed by atoms with Gasteiger partial charge in [0.15, 0.2) is 23.3 Å². The number of hydrogen-bond donors (Lipinski definition) is 11. The summed E-state index contributed by atoms with van der Waals surface area (Å²) >= 11 is 0. The van der Waals surface area contributed by atoms with E-state index in [1.54, 1.807) is 12.1 Å². The molecular weight excluding hydrogens is 847 g/mol. The number of nitrogens with two attached hydrogens (primary N) is 4. The third kappa shape index (κ3) is 20.6. The van der Waals surface area contributed by atoms with Gasteiger partial charge in [-0.15, -0.1) is 0 Å². The Balaban J connectivity index is 2.27. The molecule has 0 aliphatic rings. The van der Waals surface area contributed by atoms with Crippen LogP contribution >= 0.6 is 0 Å². The molecule has 358 valence electrons. The standard InChI is InChI=1S/C43H65N11O11/c1-23(2)16-28(41(64)53-31(39(45)62)11-12-37(44)61)19-34(58)24(3)51-40(63)27(6-5-13-50-43(46)47)18-36(60)33(22-55)54-42(65)29(21-38-48-14-15-49-38)20-35(59)32(52-25(4)56)17-26-7-9-30(57)10-8-26/h7-10,14-15,23-24,27-29,31-33,55,57H,5-6,11-13,16-22H2,1-4H3,(H2,44,61)(H2,45,62)(H,48,49)(H,51,63)(H,52,56)(H,53,64)(H,54,65)(H4,46,47,50). The minimum Gasteiger partial charge on any atom is -0.508 e. The summed E-state index contributed by atoms with van der Waals surface area (Å²) in [5.41, 5.74) is 22.1. The summed E-state index contributed by atoms with van der Waals surface area (Å²) in [4.78, 5) is 128. The van der Waals surface area contributed by atoms with E-state index >= 15 is 0 Å². The van der Waals surface area contributed by atoms with Crippen LogP contribution in [0.5, 0.6) is 5.75 Å². The fraction of sp³-hybridized carbons (Fsp3) is 0.558. The summed E-state index contributed by atoms with van der Waals surface area (Å²) in [6.07, 6.45) is 1.76. The van der Waals surface area contributed by atoms with Gasteiger partial charge in [-0.1, -0.05) is 26.0 Å². The molecule has 65 heavy (non-hydrogen) atoms. The minimum absolute atomic E-state index is 0.00517. The van der Waals surface area contributed by atoms with Gasteiger partial charge in [0.05, 0.1) is 24.6 Å². The topological polar surface area (TPSA) is 387 Å². The summed E-state index contributed by atoms with van der Waals surface area (Å²) in [6.45, 7) is 5.49. The number of phenols is 1. The van der Waals surface area contributed by atoms with Crippen LogP contribution in [0.3, 0.4) is 0 Å². The van der Waals surface area contributed by atoms with Crippen molar-refractivity contribution in [3.63, 3.8) is 0 Å². The van der Waals surface area contributed by atoms with Crippen molar-refractivity contribution in [1.82, 2.24) is 31.2 Å². The normalized spacial score (nSPS) is 14.3. The van der Waals surface area contributed by atoms with Crippen molar-refractivity contribution < 1.29 is 53.4 Å². The number of aliphatic hydroxyl groups excluding tert-OH is 1. The first-order valence-electron chi connectivity index (χ1n) is 21.4. The number of hydrogen-bond acceptors (Lipinski definition) is 13. The van der Waals surface area contributed by atoms with E-state index in [0.717, 1.165) is 0 Å². The molecule has 0 fully saturated rings. The fourth-order valence-electron chi connectivity index (χ4n) is 6.96. The SMILES string of the molecule is CC(=O)NC(Cc1ccc(O)cc1)C(=O)CC(Cc1ncc[nH]1)C(=O)NC(CO)C(=O)CC(CCCN=C(N)N)C(=O)NC(C)C(=O)CC(CC(C)C)C(=O)NC(CCC(N)=O)C(N)=O. The Hall–Kier alpha value is -6.71. The number of H-pyrrole nitrogens is 1. The highest BCUT2D eigenvalue weighted by molar-refractivity contribution is 5.97. The van der Waals surface area contributed by atoms with E-state index in [-0.39, 0.29) is 75.5 Å². The lowest BCUT2D eigenvalue weighted by molar-refractivity contribution is -0.136. The Labute approximate surface area is 377 Å². The molecule has 0 radical (unpaired) electrons. The number of guanidine groups is 1. The number of carbonyl (C=O) groups excluding carboxylic acids is 9. The number of aliphatic hydroxyl groups is 1. The van der Waals surface area contributed by atoms with Crippen LogP contribution in [0, 0.1) is 23.7 Å². The van der Waals surface area contributed by atoms with Crippen LogP contribution in [0.4, 0.5) is 0 Å². The molecule has 6 amide bonds. The number of aromatic amines is 1. The van der Waals surface area contributed by atoms with Gasteiger partial charge >= 0.3 is 0 Å². The maximum Gasteiger partial charge on any atom is 0.240 e. The molecule has 0 bridgehead atoms. The van der Waals surface area contributed by atoms with Crippen molar-refractivity contribution in [2.45, 2.75) is 116 Å². The van der Waals surface area contributed by atoms with E-state index in [9.17, 15) is 53.4 Å². The van der Waals surface area contributed by atoms with Gasteiger partial charge in [-0.2, -0.15) is 0 Å². The maximum absolute atomic E-state index is 13.9. The summed E-state index contributed by atoms with van der Waals surface area (Å²) in [5.74, 6) is -9.20. The Morgan fingerprint density at radius 1 is 0.723 bits per heavy atom. The van der Waals surface area contributed by atoms with E-state index in [1.807, 2.05) is 13.8 Å². The van der Waals surface area contributed by atoms with Gasteiger partial charge in [-0.25, -0.2) is 4.98 Å². The van der Waals surface area contributed by atoms with Crippen LogP contribution in [0.2, 0.25) is 0 Å². The average Bonchev–Trinajstić information content (AvgIpc) is 3.74. The maximum atomic E-state index is 13.9. The van der Waals surface area contributed by atoms with Crippen LogP contribution < -0.4 is 44.2 Å². The molecule has 2 aromatic rings. The molecule has 0 aliphatic heterocycles. The molecule has 0 aliphatic carbocycles. The molecule has 0 spiro atoms.